The Morgan fingerprint density at radius 2 is 1.34 bits per heavy atom. The number of nitrogens with one attached hydrogen (secondary N) is 3. The summed E-state index contributed by atoms with van der Waals surface area (Å²) in [5.41, 5.74) is 1.44. The highest BCUT2D eigenvalue weighted by Gasteiger charge is 2.55. The molecule has 0 aliphatic carbocycles. The van der Waals surface area contributed by atoms with E-state index in [0.29, 0.717) is 32.6 Å². The van der Waals surface area contributed by atoms with Crippen molar-refractivity contribution in [1.82, 2.24) is 20.2 Å². The van der Waals surface area contributed by atoms with Crippen molar-refractivity contribution < 1.29 is 43.0 Å². The SMILES string of the molecule is COc1ccc(COc2c[nH]c(C(C)SC3=C(C(=O)OC(c4ccccc4)c4ccccc4)N4C(=O)C(NC(=O)C(=NOC(C)(C)C(=O)OC(C)(C)C)c5csc(NC(c6ccccc6)(c6ccccc6)c6ccccc6)n5)[C@@H]4SC3)cc2=O)cc1. The Morgan fingerprint density at radius 1 is 0.779 bits per heavy atom. The van der Waals surface area contributed by atoms with E-state index in [4.69, 9.17) is 28.8 Å². The van der Waals surface area contributed by atoms with Crippen LogP contribution >= 0.6 is 34.9 Å². The number of carbonyl (C=O) groups excluding carboxylic acids is 4. The number of hydrogen-bond donors (Lipinski definition) is 3. The molecular weight excluding hydrogens is 1140 g/mol. The van der Waals surface area contributed by atoms with Gasteiger partial charge in [-0.2, -0.15) is 0 Å². The van der Waals surface area contributed by atoms with Gasteiger partial charge in [-0.15, -0.1) is 34.9 Å². The van der Waals surface area contributed by atoms with Crippen LogP contribution in [0.1, 0.15) is 97.7 Å². The second-order valence-electron chi connectivity index (χ2n) is 21.8. The number of pyridine rings is 1. The summed E-state index contributed by atoms with van der Waals surface area (Å²) in [6.45, 7) is 10.2. The van der Waals surface area contributed by atoms with E-state index in [1.165, 1.54) is 65.9 Å². The summed E-state index contributed by atoms with van der Waals surface area (Å²) in [4.78, 5) is 88.2. The molecule has 2 aromatic heterocycles. The van der Waals surface area contributed by atoms with Gasteiger partial charge in [0.25, 0.3) is 11.8 Å². The molecule has 2 unspecified atom stereocenters. The Labute approximate surface area is 511 Å². The number of aromatic amines is 1. The zero-order valence-corrected chi connectivity index (χ0v) is 50.8. The summed E-state index contributed by atoms with van der Waals surface area (Å²) >= 11 is 3.87. The van der Waals surface area contributed by atoms with Crippen molar-refractivity contribution in [2.75, 3.05) is 18.2 Å². The van der Waals surface area contributed by atoms with Gasteiger partial charge in [0.05, 0.1) is 7.11 Å². The lowest BCUT2D eigenvalue weighted by Crippen LogP contribution is -2.71. The number of esters is 2. The van der Waals surface area contributed by atoms with Crippen LogP contribution in [-0.4, -0.2) is 79.8 Å². The first-order valence-electron chi connectivity index (χ1n) is 27.8. The first-order chi connectivity index (χ1) is 41.4. The number of rotatable bonds is 22. The summed E-state index contributed by atoms with van der Waals surface area (Å²) in [6.07, 6.45) is 0.656. The van der Waals surface area contributed by atoms with Gasteiger partial charge in [0.1, 0.15) is 46.3 Å². The van der Waals surface area contributed by atoms with Crippen molar-refractivity contribution in [3.63, 3.8) is 0 Å². The van der Waals surface area contributed by atoms with E-state index in [-0.39, 0.29) is 40.6 Å². The Kier molecular flexibility index (Phi) is 18.3. The number of anilines is 1. The van der Waals surface area contributed by atoms with Gasteiger partial charge < -0.3 is 39.4 Å². The Hall–Kier alpha value is -8.91. The van der Waals surface area contributed by atoms with Crippen LogP contribution < -0.4 is 25.5 Å². The topological polar surface area (TPSA) is 200 Å². The Balaban J connectivity index is 0.964. The molecule has 2 amide bonds. The molecule has 86 heavy (non-hydrogen) atoms. The molecule has 2 aliphatic rings. The van der Waals surface area contributed by atoms with Crippen LogP contribution in [-0.2, 0) is 45.6 Å². The smallest absolute Gasteiger partial charge is 0.356 e. The normalized spacial score (nSPS) is 15.7. The number of thiazole rings is 1. The number of ether oxygens (including phenoxy) is 4. The maximum Gasteiger partial charge on any atom is 0.356 e. The number of β-lactam (4-membered cyclic amide) rings is 1. The van der Waals surface area contributed by atoms with Crippen molar-refractivity contribution in [3.05, 3.63) is 259 Å². The molecule has 0 spiro atoms. The number of fused-ring (bicyclic) bond motifs is 1. The first-order valence-corrected chi connectivity index (χ1v) is 30.6. The standard InChI is InChI=1S/C67H64N6O10S3/c1-42(50-37-52(74)53(38-68-50)80-39-43-33-35-49(79-7)36-34-43)86-54-41-84-61-56(60(76)73(61)57(54)62(77)81-58(44-23-13-8-14-24-44)45-25-15-9-16-26-45)70-59(75)55(72-83-66(5,6)63(78)82-65(2,3)4)51-40-85-64(69-51)71-67(46-27-17-10-18-28-46,47-29-19-11-20-30-47)48-31-21-12-22-32-48/h8-38,40,42,56,58,61H,39,41H2,1-7H3,(H,68,74)(H,69,71)(H,70,75)/t42?,56?,61-/m0/s1. The number of benzene rings is 6. The van der Waals surface area contributed by atoms with E-state index >= 15 is 9.59 Å². The third-order valence-electron chi connectivity index (χ3n) is 14.2. The highest BCUT2D eigenvalue weighted by atomic mass is 32.2. The zero-order chi connectivity index (χ0) is 60.6. The summed E-state index contributed by atoms with van der Waals surface area (Å²) in [5.74, 6) is -1.88. The number of oxime groups is 1. The highest BCUT2D eigenvalue weighted by molar-refractivity contribution is 8.06. The number of nitrogens with zero attached hydrogens (tertiary/aromatic N) is 3. The van der Waals surface area contributed by atoms with Gasteiger partial charge in [0.2, 0.25) is 11.0 Å². The van der Waals surface area contributed by atoms with Gasteiger partial charge in [0.15, 0.2) is 22.7 Å². The number of amides is 2. The zero-order valence-electron chi connectivity index (χ0n) is 48.3. The molecular formula is C67H64N6O10S3. The minimum Gasteiger partial charge on any atom is -0.497 e. The fraction of sp³-hybridized carbons (Fsp3) is 0.239. The Morgan fingerprint density at radius 3 is 1.87 bits per heavy atom. The van der Waals surface area contributed by atoms with E-state index in [9.17, 15) is 14.4 Å². The molecule has 1 saturated heterocycles. The number of carbonyl (C=O) groups is 4. The van der Waals surface area contributed by atoms with Crippen LogP contribution in [0.5, 0.6) is 11.5 Å². The molecule has 0 radical (unpaired) electrons. The highest BCUT2D eigenvalue weighted by Crippen LogP contribution is 2.48. The van der Waals surface area contributed by atoms with Gasteiger partial charge in [0, 0.05) is 39.2 Å². The predicted molar refractivity (Wildman–Crippen MR) is 336 cm³/mol. The summed E-state index contributed by atoms with van der Waals surface area (Å²) in [6, 6.07) is 56.1. The number of hydrogen-bond acceptors (Lipinski definition) is 16. The summed E-state index contributed by atoms with van der Waals surface area (Å²) in [7, 11) is 1.59. The third-order valence-corrected chi connectivity index (χ3v) is 17.6. The molecule has 16 nitrogen and oxygen atoms in total. The minimum atomic E-state index is -1.69. The molecule has 8 aromatic rings. The quantitative estimate of drug-likeness (QED) is 0.0190. The van der Waals surface area contributed by atoms with Crippen molar-refractivity contribution in [1.29, 1.82) is 0 Å². The van der Waals surface area contributed by atoms with Gasteiger partial charge in [-0.1, -0.05) is 169 Å². The molecule has 440 valence electrons. The second-order valence-corrected chi connectivity index (χ2v) is 25.2. The molecule has 6 aromatic carbocycles. The fourth-order valence-corrected chi connectivity index (χ4v) is 13.2. The average molecular weight is 1210 g/mol. The fourth-order valence-electron chi connectivity index (χ4n) is 9.79. The molecule has 1 fully saturated rings. The van der Waals surface area contributed by atoms with E-state index in [1.54, 1.807) is 33.3 Å². The second kappa shape index (κ2) is 26.1. The van der Waals surface area contributed by atoms with Crippen molar-refractivity contribution >= 4 is 69.5 Å². The maximum atomic E-state index is 15.1. The van der Waals surface area contributed by atoms with E-state index < -0.39 is 63.3 Å². The number of methoxy groups -OCH3 is 1. The van der Waals surface area contributed by atoms with Gasteiger partial charge in [-0.3, -0.25) is 19.3 Å². The van der Waals surface area contributed by atoms with Gasteiger partial charge in [-0.25, -0.2) is 14.6 Å². The van der Waals surface area contributed by atoms with Crippen LogP contribution in [0.25, 0.3) is 0 Å². The van der Waals surface area contributed by atoms with Crippen LogP contribution in [0.15, 0.2) is 214 Å². The van der Waals surface area contributed by atoms with Crippen molar-refractivity contribution in [2.45, 2.75) is 87.7 Å². The van der Waals surface area contributed by atoms with Gasteiger partial charge in [-0.05, 0) is 87.1 Å². The molecule has 0 bridgehead atoms. The van der Waals surface area contributed by atoms with Crippen LogP contribution in [0.3, 0.4) is 0 Å². The van der Waals surface area contributed by atoms with Gasteiger partial charge >= 0.3 is 11.9 Å². The molecule has 19 heteroatoms. The molecule has 10 rings (SSSR count). The minimum absolute atomic E-state index is 0.00466. The molecule has 3 N–H and O–H groups in total. The molecule has 3 atom stereocenters. The van der Waals surface area contributed by atoms with Crippen LogP contribution in [0, 0.1) is 0 Å². The lowest BCUT2D eigenvalue weighted by atomic mass is 9.77. The van der Waals surface area contributed by atoms with Crippen LogP contribution in [0.4, 0.5) is 5.13 Å². The molecule has 2 aliphatic heterocycles. The lowest BCUT2D eigenvalue weighted by Gasteiger charge is -2.49. The number of H-pyrrole nitrogens is 1. The van der Waals surface area contributed by atoms with Crippen molar-refractivity contribution in [2.24, 2.45) is 5.16 Å². The van der Waals surface area contributed by atoms with E-state index in [1.807, 2.05) is 183 Å². The maximum absolute atomic E-state index is 15.1. The summed E-state index contributed by atoms with van der Waals surface area (Å²) in [5, 5.41) is 11.8. The lowest BCUT2D eigenvalue weighted by molar-refractivity contribution is -0.179. The van der Waals surface area contributed by atoms with Crippen LogP contribution in [0.2, 0.25) is 0 Å². The molecule has 0 saturated carbocycles. The van der Waals surface area contributed by atoms with Crippen molar-refractivity contribution in [3.8, 4) is 11.5 Å². The largest absolute Gasteiger partial charge is 0.497 e. The average Bonchev–Trinajstić information content (AvgIpc) is 0.994. The summed E-state index contributed by atoms with van der Waals surface area (Å²) < 4.78 is 23.3. The third kappa shape index (κ3) is 13.4. The Bertz CT molecular complexity index is 3680. The number of aromatic nitrogens is 2. The van der Waals surface area contributed by atoms with E-state index in [0.717, 1.165) is 22.3 Å². The number of thioether (sulfide) groups is 2. The predicted octanol–water partition coefficient (Wildman–Crippen LogP) is 12.1. The van der Waals surface area contributed by atoms with E-state index in [2.05, 4.69) is 20.8 Å². The monoisotopic (exact) mass is 1210 g/mol. The first kappa shape index (κ1) is 60.2. The molecule has 4 heterocycles.